The molecule has 98 valence electrons. The van der Waals surface area contributed by atoms with Crippen LogP contribution in [0.15, 0.2) is 11.6 Å². The van der Waals surface area contributed by atoms with Crippen molar-refractivity contribution in [1.82, 2.24) is 10.2 Å². The molecule has 0 atom stereocenters. The van der Waals surface area contributed by atoms with Gasteiger partial charge in [-0.25, -0.2) is 0 Å². The van der Waals surface area contributed by atoms with Crippen LogP contribution in [0.2, 0.25) is 0 Å². The first-order valence-electron chi connectivity index (χ1n) is 7.06. The molecular weight excluding hydrogens is 210 g/mol. The summed E-state index contributed by atoms with van der Waals surface area (Å²) in [6.45, 7) is 4.23. The van der Waals surface area contributed by atoms with Crippen molar-refractivity contribution >= 4 is 0 Å². The molecule has 3 nitrogen and oxygen atoms in total. The SMILES string of the molecule is CN1CCC(CN)(NCCC2=CCCC2)CC1. The first-order chi connectivity index (χ1) is 8.24. The van der Waals surface area contributed by atoms with Crippen LogP contribution in [0.4, 0.5) is 0 Å². The number of rotatable bonds is 5. The summed E-state index contributed by atoms with van der Waals surface area (Å²) in [6, 6.07) is 0. The Kier molecular flexibility index (Phi) is 4.60. The number of nitrogens with two attached hydrogens (primary N) is 1. The van der Waals surface area contributed by atoms with Crippen LogP contribution < -0.4 is 11.1 Å². The highest BCUT2D eigenvalue weighted by molar-refractivity contribution is 5.08. The zero-order chi connectivity index (χ0) is 12.1. The van der Waals surface area contributed by atoms with Gasteiger partial charge in [0.05, 0.1) is 0 Å². The number of piperidine rings is 1. The maximum absolute atomic E-state index is 5.98. The van der Waals surface area contributed by atoms with E-state index >= 15 is 0 Å². The van der Waals surface area contributed by atoms with Crippen LogP contribution in [-0.2, 0) is 0 Å². The third-order valence-electron chi connectivity index (χ3n) is 4.42. The van der Waals surface area contributed by atoms with Gasteiger partial charge in [0, 0.05) is 12.1 Å². The maximum atomic E-state index is 5.98. The second kappa shape index (κ2) is 5.98. The molecule has 1 heterocycles. The van der Waals surface area contributed by atoms with E-state index in [2.05, 4.69) is 23.3 Å². The molecule has 1 fully saturated rings. The number of nitrogens with one attached hydrogen (secondary N) is 1. The number of allylic oxidation sites excluding steroid dienone is 1. The fourth-order valence-electron chi connectivity index (χ4n) is 2.95. The minimum Gasteiger partial charge on any atom is -0.329 e. The Balaban J connectivity index is 1.75. The Bertz CT molecular complexity index is 265. The molecule has 17 heavy (non-hydrogen) atoms. The van der Waals surface area contributed by atoms with E-state index in [4.69, 9.17) is 5.73 Å². The number of likely N-dealkylation sites (tertiary alicyclic amines) is 1. The molecule has 0 bridgehead atoms. The van der Waals surface area contributed by atoms with Gasteiger partial charge in [0.25, 0.3) is 0 Å². The summed E-state index contributed by atoms with van der Waals surface area (Å²) in [5, 5.41) is 3.74. The normalized spacial score (nSPS) is 24.9. The predicted octanol–water partition coefficient (Wildman–Crippen LogP) is 1.50. The smallest absolute Gasteiger partial charge is 0.0328 e. The molecule has 0 aromatic rings. The Morgan fingerprint density at radius 3 is 2.76 bits per heavy atom. The van der Waals surface area contributed by atoms with Crippen LogP contribution >= 0.6 is 0 Å². The van der Waals surface area contributed by atoms with E-state index in [9.17, 15) is 0 Å². The van der Waals surface area contributed by atoms with Crippen LogP contribution in [0.25, 0.3) is 0 Å². The molecule has 3 N–H and O–H groups in total. The lowest BCUT2D eigenvalue weighted by Crippen LogP contribution is -2.57. The molecule has 2 rings (SSSR count). The van der Waals surface area contributed by atoms with Gasteiger partial charge in [-0.1, -0.05) is 11.6 Å². The van der Waals surface area contributed by atoms with Crippen LogP contribution in [0.5, 0.6) is 0 Å². The van der Waals surface area contributed by atoms with Gasteiger partial charge < -0.3 is 16.0 Å². The average Bonchev–Trinajstić information content (AvgIpc) is 2.85. The van der Waals surface area contributed by atoms with Gasteiger partial charge in [-0.2, -0.15) is 0 Å². The molecule has 0 aromatic heterocycles. The Morgan fingerprint density at radius 1 is 1.41 bits per heavy atom. The van der Waals surface area contributed by atoms with Crippen molar-refractivity contribution in [3.8, 4) is 0 Å². The van der Waals surface area contributed by atoms with Crippen molar-refractivity contribution in [2.45, 2.75) is 44.1 Å². The highest BCUT2D eigenvalue weighted by Crippen LogP contribution is 2.23. The van der Waals surface area contributed by atoms with Crippen molar-refractivity contribution in [3.63, 3.8) is 0 Å². The summed E-state index contributed by atoms with van der Waals surface area (Å²) >= 11 is 0. The fourth-order valence-corrected chi connectivity index (χ4v) is 2.95. The van der Waals surface area contributed by atoms with Crippen molar-refractivity contribution in [3.05, 3.63) is 11.6 Å². The second-order valence-electron chi connectivity index (χ2n) is 5.72. The lowest BCUT2D eigenvalue weighted by molar-refractivity contribution is 0.162. The Morgan fingerprint density at radius 2 is 2.18 bits per heavy atom. The molecule has 0 amide bonds. The van der Waals surface area contributed by atoms with E-state index in [1.165, 1.54) is 51.6 Å². The number of hydrogen-bond acceptors (Lipinski definition) is 3. The van der Waals surface area contributed by atoms with E-state index in [0.717, 1.165) is 13.1 Å². The molecule has 1 aliphatic heterocycles. The van der Waals surface area contributed by atoms with E-state index in [1.807, 2.05) is 0 Å². The Hall–Kier alpha value is -0.380. The standard InChI is InChI=1S/C14H27N3/c1-17-10-7-14(12-15,8-11-17)16-9-6-13-4-2-3-5-13/h4,16H,2-3,5-12,15H2,1H3. The van der Waals surface area contributed by atoms with Gasteiger partial charge in [-0.3, -0.25) is 0 Å². The first kappa shape index (κ1) is 13.1. The zero-order valence-corrected chi connectivity index (χ0v) is 11.2. The second-order valence-corrected chi connectivity index (χ2v) is 5.72. The molecule has 0 radical (unpaired) electrons. The van der Waals surface area contributed by atoms with Crippen molar-refractivity contribution < 1.29 is 0 Å². The van der Waals surface area contributed by atoms with Gasteiger partial charge in [-0.05, 0) is 65.2 Å². The summed E-state index contributed by atoms with van der Waals surface area (Å²) in [4.78, 5) is 2.40. The van der Waals surface area contributed by atoms with Gasteiger partial charge >= 0.3 is 0 Å². The lowest BCUT2D eigenvalue weighted by atomic mass is 9.87. The minimum absolute atomic E-state index is 0.214. The number of nitrogens with zero attached hydrogens (tertiary/aromatic N) is 1. The van der Waals surface area contributed by atoms with Crippen LogP contribution in [0.3, 0.4) is 0 Å². The van der Waals surface area contributed by atoms with Crippen LogP contribution in [0, 0.1) is 0 Å². The molecule has 0 aromatic carbocycles. The van der Waals surface area contributed by atoms with Crippen LogP contribution in [0.1, 0.15) is 38.5 Å². The number of hydrogen-bond donors (Lipinski definition) is 2. The highest BCUT2D eigenvalue weighted by Gasteiger charge is 2.31. The fraction of sp³-hybridized carbons (Fsp3) is 0.857. The van der Waals surface area contributed by atoms with E-state index in [0.29, 0.717) is 0 Å². The summed E-state index contributed by atoms with van der Waals surface area (Å²) in [5.74, 6) is 0. The Labute approximate surface area is 105 Å². The predicted molar refractivity (Wildman–Crippen MR) is 73.1 cm³/mol. The molecule has 2 aliphatic rings. The quantitative estimate of drug-likeness (QED) is 0.712. The van der Waals surface area contributed by atoms with E-state index in [1.54, 1.807) is 5.57 Å². The summed E-state index contributed by atoms with van der Waals surface area (Å²) < 4.78 is 0. The van der Waals surface area contributed by atoms with Crippen LogP contribution in [-0.4, -0.2) is 43.7 Å². The molecule has 3 heteroatoms. The zero-order valence-electron chi connectivity index (χ0n) is 11.2. The van der Waals surface area contributed by atoms with E-state index in [-0.39, 0.29) is 5.54 Å². The largest absolute Gasteiger partial charge is 0.329 e. The third-order valence-corrected chi connectivity index (χ3v) is 4.42. The van der Waals surface area contributed by atoms with Crippen molar-refractivity contribution in [2.24, 2.45) is 5.73 Å². The topological polar surface area (TPSA) is 41.3 Å². The van der Waals surface area contributed by atoms with E-state index < -0.39 is 0 Å². The summed E-state index contributed by atoms with van der Waals surface area (Å²) in [7, 11) is 2.20. The maximum Gasteiger partial charge on any atom is 0.0328 e. The first-order valence-corrected chi connectivity index (χ1v) is 7.06. The molecule has 0 unspecified atom stereocenters. The van der Waals surface area contributed by atoms with Gasteiger partial charge in [-0.15, -0.1) is 0 Å². The monoisotopic (exact) mass is 237 g/mol. The summed E-state index contributed by atoms with van der Waals surface area (Å²) in [5.41, 5.74) is 7.85. The minimum atomic E-state index is 0.214. The van der Waals surface area contributed by atoms with Gasteiger partial charge in [0.2, 0.25) is 0 Å². The summed E-state index contributed by atoms with van der Waals surface area (Å²) in [6.07, 6.45) is 10.0. The average molecular weight is 237 g/mol. The highest BCUT2D eigenvalue weighted by atomic mass is 15.1. The van der Waals surface area contributed by atoms with Gasteiger partial charge in [0.1, 0.15) is 0 Å². The molecule has 1 aliphatic carbocycles. The van der Waals surface area contributed by atoms with Crippen molar-refractivity contribution in [1.29, 1.82) is 0 Å². The molecular formula is C14H27N3. The molecule has 0 spiro atoms. The molecule has 1 saturated heterocycles. The van der Waals surface area contributed by atoms with Gasteiger partial charge in [0.15, 0.2) is 0 Å². The third kappa shape index (κ3) is 3.54. The molecule has 0 saturated carbocycles. The lowest BCUT2D eigenvalue weighted by Gasteiger charge is -2.41. The van der Waals surface area contributed by atoms with Crippen molar-refractivity contribution in [2.75, 3.05) is 33.2 Å².